The molecule has 5 nitrogen and oxygen atoms in total. The Labute approximate surface area is 185 Å². The molecule has 33 heavy (non-hydrogen) atoms. The van der Waals surface area contributed by atoms with Gasteiger partial charge in [-0.2, -0.15) is 0 Å². The molecule has 0 saturated heterocycles. The maximum Gasteiger partial charge on any atom is 0.242 e. The summed E-state index contributed by atoms with van der Waals surface area (Å²) < 4.78 is 60.6. The fourth-order valence-electron chi connectivity index (χ4n) is 3.66. The molecule has 9 heteroatoms. The highest BCUT2D eigenvalue weighted by Gasteiger charge is 2.18. The highest BCUT2D eigenvalue weighted by atomic mass is 19.3. The average Bonchev–Trinajstić information content (AvgIpc) is 3.42. The first-order chi connectivity index (χ1) is 16.0. The highest BCUT2D eigenvalue weighted by Crippen LogP contribution is 2.28. The van der Waals surface area contributed by atoms with Crippen LogP contribution in [0.4, 0.5) is 17.6 Å². The third-order valence-corrected chi connectivity index (χ3v) is 5.18. The number of alkyl halides is 2. The molecule has 0 radical (unpaired) electrons. The zero-order valence-corrected chi connectivity index (χ0v) is 17.1. The molecule has 166 valence electrons. The highest BCUT2D eigenvalue weighted by molar-refractivity contribution is 5.66. The van der Waals surface area contributed by atoms with E-state index in [4.69, 9.17) is 4.52 Å². The van der Waals surface area contributed by atoms with Crippen LogP contribution in [-0.4, -0.2) is 26.1 Å². The summed E-state index contributed by atoms with van der Waals surface area (Å²) in [6.07, 6.45) is 0.621. The van der Waals surface area contributed by atoms with Crippen molar-refractivity contribution in [2.24, 2.45) is 0 Å². The smallest absolute Gasteiger partial charge is 0.242 e. The van der Waals surface area contributed by atoms with Crippen molar-refractivity contribution in [2.45, 2.75) is 19.4 Å². The van der Waals surface area contributed by atoms with Gasteiger partial charge in [0.1, 0.15) is 11.4 Å². The van der Waals surface area contributed by atoms with E-state index in [9.17, 15) is 17.6 Å². The van der Waals surface area contributed by atoms with Gasteiger partial charge in [0.15, 0.2) is 23.2 Å². The molecule has 0 N–H and O–H groups in total. The van der Waals surface area contributed by atoms with E-state index in [1.807, 2.05) is 0 Å². The number of aromatic nitrogens is 4. The second-order valence-electron chi connectivity index (χ2n) is 7.47. The van der Waals surface area contributed by atoms with Crippen molar-refractivity contribution >= 4 is 0 Å². The first-order valence-electron chi connectivity index (χ1n) is 10.1. The van der Waals surface area contributed by atoms with Crippen molar-refractivity contribution in [2.75, 3.05) is 0 Å². The molecule has 1 aromatic heterocycles. The quantitative estimate of drug-likeness (QED) is 0.304. The molecule has 0 aliphatic carbocycles. The predicted molar refractivity (Wildman–Crippen MR) is 113 cm³/mol. The Hall–Kier alpha value is -4.01. The number of hydrogen-bond donors (Lipinski definition) is 0. The Morgan fingerprint density at radius 3 is 2.52 bits per heavy atom. The van der Waals surface area contributed by atoms with Crippen molar-refractivity contribution in [3.63, 3.8) is 0 Å². The second-order valence-corrected chi connectivity index (χ2v) is 7.47. The fraction of sp³-hybridized carbons (Fsp3) is 0.125. The lowest BCUT2D eigenvalue weighted by Gasteiger charge is -2.06. The maximum absolute atomic E-state index is 14.1. The first kappa shape index (κ1) is 20.9. The zero-order valence-electron chi connectivity index (χ0n) is 17.1. The van der Waals surface area contributed by atoms with Gasteiger partial charge in [-0.3, -0.25) is 0 Å². The van der Waals surface area contributed by atoms with Crippen molar-refractivity contribution < 1.29 is 22.1 Å². The molecule has 0 spiro atoms. The van der Waals surface area contributed by atoms with E-state index in [-0.39, 0.29) is 17.8 Å². The van der Waals surface area contributed by atoms with Gasteiger partial charge >= 0.3 is 0 Å². The van der Waals surface area contributed by atoms with Gasteiger partial charge in [-0.1, -0.05) is 35.5 Å². The Balaban J connectivity index is 1.41. The van der Waals surface area contributed by atoms with Crippen LogP contribution in [0.25, 0.3) is 34.0 Å². The van der Waals surface area contributed by atoms with Crippen LogP contribution >= 0.6 is 0 Å². The topological polar surface area (TPSA) is 56.7 Å². The average molecular weight is 452 g/mol. The number of fused-ring (bicyclic) bond motifs is 1. The summed E-state index contributed by atoms with van der Waals surface area (Å²) in [4.78, 5) is 8.61. The van der Waals surface area contributed by atoms with E-state index in [1.54, 1.807) is 53.4 Å². The zero-order chi connectivity index (χ0) is 22.9. The molecule has 3 aromatic rings. The Bertz CT molecular complexity index is 1390. The minimum atomic E-state index is -2.46. The number of hydrogen-bond acceptors (Lipinski definition) is 4. The minimum absolute atomic E-state index is 0.0138. The molecule has 2 aliphatic heterocycles. The third kappa shape index (κ3) is 4.21. The number of rotatable bonds is 6. The Morgan fingerprint density at radius 2 is 1.67 bits per heavy atom. The molecular weight excluding hydrogens is 436 g/mol. The van der Waals surface area contributed by atoms with Gasteiger partial charge in [-0.25, -0.2) is 27.5 Å². The van der Waals surface area contributed by atoms with Crippen LogP contribution in [0, 0.1) is 11.6 Å². The standard InChI is InChI=1S/C24H16F4N4O/c25-18-7-3-6-17(23(18)28)24-29-19-8-9-32(13-21(19)30-24)12-15-11-20(31-33-15)16-5-2-1-4-14(16)10-22(26)27/h1-9,11,13,22H,10,12H2. The molecule has 0 unspecified atom stereocenters. The molecule has 5 rings (SSSR count). The molecule has 2 aromatic carbocycles. The minimum Gasteiger partial charge on any atom is -0.359 e. The Morgan fingerprint density at radius 1 is 0.879 bits per heavy atom. The van der Waals surface area contributed by atoms with Crippen molar-refractivity contribution in [1.29, 1.82) is 0 Å². The van der Waals surface area contributed by atoms with E-state index in [0.717, 1.165) is 6.07 Å². The van der Waals surface area contributed by atoms with Crippen LogP contribution in [0.2, 0.25) is 0 Å². The number of benzene rings is 2. The predicted octanol–water partition coefficient (Wildman–Crippen LogP) is 5.84. The fourth-order valence-corrected chi connectivity index (χ4v) is 3.66. The molecule has 0 amide bonds. The third-order valence-electron chi connectivity index (χ3n) is 5.18. The van der Waals surface area contributed by atoms with Gasteiger partial charge in [-0.15, -0.1) is 0 Å². The summed E-state index contributed by atoms with van der Waals surface area (Å²) in [5.74, 6) is -1.36. The number of nitrogens with zero attached hydrogens (tertiary/aromatic N) is 4. The Kier molecular flexibility index (Phi) is 5.37. The number of imidazole rings is 1. The van der Waals surface area contributed by atoms with E-state index >= 15 is 0 Å². The monoisotopic (exact) mass is 452 g/mol. The molecule has 0 bridgehead atoms. The van der Waals surface area contributed by atoms with Crippen LogP contribution in [0.15, 0.2) is 71.5 Å². The van der Waals surface area contributed by atoms with Gasteiger partial charge in [0.25, 0.3) is 0 Å². The molecule has 0 saturated carbocycles. The summed E-state index contributed by atoms with van der Waals surface area (Å²) in [6, 6.07) is 14.1. The van der Waals surface area contributed by atoms with E-state index in [1.165, 1.54) is 12.1 Å². The summed E-state index contributed by atoms with van der Waals surface area (Å²) in [5, 5.41) is 4.04. The van der Waals surface area contributed by atoms with Crippen LogP contribution in [0.5, 0.6) is 0 Å². The second kappa shape index (κ2) is 8.50. The lowest BCUT2D eigenvalue weighted by molar-refractivity contribution is 0.149. The first-order valence-corrected chi connectivity index (χ1v) is 10.1. The van der Waals surface area contributed by atoms with Crippen molar-refractivity contribution in [3.8, 4) is 34.0 Å². The van der Waals surface area contributed by atoms with Crippen LogP contribution in [0.1, 0.15) is 11.3 Å². The molecule has 3 heterocycles. The van der Waals surface area contributed by atoms with Gasteiger partial charge < -0.3 is 9.09 Å². The van der Waals surface area contributed by atoms with Gasteiger partial charge in [0.05, 0.1) is 17.8 Å². The molecule has 2 aliphatic rings. The molecular formula is C24H16F4N4O. The van der Waals surface area contributed by atoms with Crippen molar-refractivity contribution in [3.05, 3.63) is 89.9 Å². The number of pyridine rings is 1. The van der Waals surface area contributed by atoms with Crippen LogP contribution < -0.4 is 0 Å². The van der Waals surface area contributed by atoms with Gasteiger partial charge in [0, 0.05) is 30.4 Å². The molecule has 0 fully saturated rings. The van der Waals surface area contributed by atoms with E-state index < -0.39 is 18.1 Å². The van der Waals surface area contributed by atoms with Crippen LogP contribution in [-0.2, 0) is 13.0 Å². The summed E-state index contributed by atoms with van der Waals surface area (Å²) in [5.41, 5.74) is 2.57. The van der Waals surface area contributed by atoms with E-state index in [2.05, 4.69) is 15.1 Å². The SMILES string of the molecule is Fc1cccc(-c2nc3ccn(Cc4cc(-c5ccccc5CC(F)F)no4)cc-3n2)c1F. The summed E-state index contributed by atoms with van der Waals surface area (Å²) >= 11 is 0. The summed E-state index contributed by atoms with van der Waals surface area (Å²) in [6.45, 7) is 0.302. The summed E-state index contributed by atoms with van der Waals surface area (Å²) in [7, 11) is 0. The largest absolute Gasteiger partial charge is 0.359 e. The molecule has 0 atom stereocenters. The lowest BCUT2D eigenvalue weighted by Crippen LogP contribution is -2.00. The maximum atomic E-state index is 14.1. The normalized spacial score (nSPS) is 11.5. The lowest BCUT2D eigenvalue weighted by atomic mass is 10.0. The number of halogens is 4. The van der Waals surface area contributed by atoms with E-state index in [0.29, 0.717) is 40.5 Å². The van der Waals surface area contributed by atoms with Gasteiger partial charge in [0.2, 0.25) is 6.43 Å². The van der Waals surface area contributed by atoms with Crippen LogP contribution in [0.3, 0.4) is 0 Å². The van der Waals surface area contributed by atoms with Crippen molar-refractivity contribution in [1.82, 2.24) is 19.7 Å². The van der Waals surface area contributed by atoms with Gasteiger partial charge in [-0.05, 0) is 23.8 Å².